The maximum Gasteiger partial charge on any atom is 0.130 e. The first-order valence-electron chi connectivity index (χ1n) is 7.30. The summed E-state index contributed by atoms with van der Waals surface area (Å²) < 4.78 is 27.4. The molecule has 0 aliphatic carbocycles. The molecule has 1 N–H and O–H groups in total. The summed E-state index contributed by atoms with van der Waals surface area (Å²) in [6.45, 7) is 6.12. The van der Waals surface area contributed by atoms with Crippen LogP contribution in [0.3, 0.4) is 0 Å². The van der Waals surface area contributed by atoms with E-state index >= 15 is 0 Å². The van der Waals surface area contributed by atoms with Crippen LogP contribution in [0.5, 0.6) is 0 Å². The minimum absolute atomic E-state index is 0.153. The zero-order chi connectivity index (χ0) is 14.3. The summed E-state index contributed by atoms with van der Waals surface area (Å²) in [6.07, 6.45) is 5.47. The molecule has 0 heterocycles. The molecule has 1 aromatic carbocycles. The van der Waals surface area contributed by atoms with Crippen molar-refractivity contribution in [3.05, 3.63) is 35.4 Å². The quantitative estimate of drug-likeness (QED) is 0.702. The Kier molecular flexibility index (Phi) is 7.00. The lowest BCUT2D eigenvalue weighted by Gasteiger charge is -2.24. The first kappa shape index (κ1) is 16.1. The SMILES string of the molecule is CCCCC(CCC)NC(C)c1c(F)cccc1F. The van der Waals surface area contributed by atoms with Crippen molar-refractivity contribution in [2.45, 2.75) is 65.0 Å². The van der Waals surface area contributed by atoms with Crippen molar-refractivity contribution in [2.24, 2.45) is 0 Å². The van der Waals surface area contributed by atoms with Gasteiger partial charge in [0, 0.05) is 17.6 Å². The van der Waals surface area contributed by atoms with Gasteiger partial charge in [-0.2, -0.15) is 0 Å². The molecule has 2 atom stereocenters. The van der Waals surface area contributed by atoms with E-state index in [2.05, 4.69) is 19.2 Å². The number of unbranched alkanes of at least 4 members (excludes halogenated alkanes) is 1. The van der Waals surface area contributed by atoms with Crippen LogP contribution in [0.4, 0.5) is 8.78 Å². The summed E-state index contributed by atoms with van der Waals surface area (Å²) in [5.74, 6) is -0.934. The lowest BCUT2D eigenvalue weighted by atomic mass is 10.0. The van der Waals surface area contributed by atoms with E-state index in [1.54, 1.807) is 0 Å². The number of benzene rings is 1. The van der Waals surface area contributed by atoms with Crippen molar-refractivity contribution in [2.75, 3.05) is 0 Å². The van der Waals surface area contributed by atoms with Gasteiger partial charge in [0.25, 0.3) is 0 Å². The van der Waals surface area contributed by atoms with E-state index in [0.717, 1.165) is 32.1 Å². The fourth-order valence-electron chi connectivity index (χ4n) is 2.47. The van der Waals surface area contributed by atoms with E-state index in [1.807, 2.05) is 6.92 Å². The van der Waals surface area contributed by atoms with Gasteiger partial charge >= 0.3 is 0 Å². The standard InChI is InChI=1S/C16H25F2N/c1-4-6-9-13(8-5-2)19-12(3)16-14(17)10-7-11-15(16)18/h7,10-13,19H,4-6,8-9H2,1-3H3. The lowest BCUT2D eigenvalue weighted by molar-refractivity contribution is 0.381. The number of halogens is 2. The van der Waals surface area contributed by atoms with Crippen LogP contribution < -0.4 is 5.32 Å². The lowest BCUT2D eigenvalue weighted by Crippen LogP contribution is -2.32. The average molecular weight is 269 g/mol. The topological polar surface area (TPSA) is 12.0 Å². The Labute approximate surface area is 115 Å². The molecule has 0 spiro atoms. The molecule has 0 bridgehead atoms. The predicted molar refractivity (Wildman–Crippen MR) is 76.1 cm³/mol. The highest BCUT2D eigenvalue weighted by atomic mass is 19.1. The van der Waals surface area contributed by atoms with Gasteiger partial charge in [-0.15, -0.1) is 0 Å². The van der Waals surface area contributed by atoms with E-state index < -0.39 is 11.6 Å². The minimum atomic E-state index is -0.467. The van der Waals surface area contributed by atoms with Crippen LogP contribution in [-0.4, -0.2) is 6.04 Å². The number of nitrogens with one attached hydrogen (secondary N) is 1. The summed E-state index contributed by atoms with van der Waals surface area (Å²) >= 11 is 0. The molecule has 0 amide bonds. The maximum atomic E-state index is 13.7. The Morgan fingerprint density at radius 2 is 1.68 bits per heavy atom. The molecule has 0 radical (unpaired) electrons. The Hall–Kier alpha value is -0.960. The average Bonchev–Trinajstić information content (AvgIpc) is 2.36. The molecular weight excluding hydrogens is 244 g/mol. The number of hydrogen-bond acceptors (Lipinski definition) is 1. The molecule has 0 saturated carbocycles. The third kappa shape index (κ3) is 4.90. The molecule has 0 aromatic heterocycles. The second-order valence-electron chi connectivity index (χ2n) is 5.15. The Morgan fingerprint density at radius 1 is 1.05 bits per heavy atom. The molecule has 0 fully saturated rings. The normalized spacial score (nSPS) is 14.4. The van der Waals surface area contributed by atoms with Gasteiger partial charge in [-0.1, -0.05) is 39.2 Å². The zero-order valence-corrected chi connectivity index (χ0v) is 12.2. The summed E-state index contributed by atoms with van der Waals surface area (Å²) in [7, 11) is 0. The summed E-state index contributed by atoms with van der Waals surface area (Å²) in [6, 6.07) is 4.07. The van der Waals surface area contributed by atoms with E-state index in [-0.39, 0.29) is 11.6 Å². The first-order chi connectivity index (χ1) is 9.10. The molecule has 0 aliphatic rings. The van der Waals surface area contributed by atoms with Gasteiger partial charge in [0.15, 0.2) is 0 Å². The Balaban J connectivity index is 2.72. The summed E-state index contributed by atoms with van der Waals surface area (Å²) in [5, 5.41) is 3.37. The second kappa shape index (κ2) is 8.26. The number of hydrogen-bond donors (Lipinski definition) is 1. The molecule has 1 aromatic rings. The van der Waals surface area contributed by atoms with Crippen molar-refractivity contribution < 1.29 is 8.78 Å². The highest BCUT2D eigenvalue weighted by molar-refractivity contribution is 5.22. The first-order valence-corrected chi connectivity index (χ1v) is 7.30. The molecule has 19 heavy (non-hydrogen) atoms. The van der Waals surface area contributed by atoms with Crippen molar-refractivity contribution >= 4 is 0 Å². The highest BCUT2D eigenvalue weighted by Gasteiger charge is 2.18. The van der Waals surface area contributed by atoms with E-state index in [9.17, 15) is 8.78 Å². The monoisotopic (exact) mass is 269 g/mol. The van der Waals surface area contributed by atoms with Crippen molar-refractivity contribution in [3.8, 4) is 0 Å². The highest BCUT2D eigenvalue weighted by Crippen LogP contribution is 2.22. The van der Waals surface area contributed by atoms with Crippen molar-refractivity contribution in [1.29, 1.82) is 0 Å². The molecule has 3 heteroatoms. The second-order valence-corrected chi connectivity index (χ2v) is 5.15. The van der Waals surface area contributed by atoms with Gasteiger partial charge in [-0.25, -0.2) is 8.78 Å². The summed E-state index contributed by atoms with van der Waals surface area (Å²) in [5.41, 5.74) is 0.153. The van der Waals surface area contributed by atoms with Gasteiger partial charge in [0.1, 0.15) is 11.6 Å². The fourth-order valence-corrected chi connectivity index (χ4v) is 2.47. The zero-order valence-electron chi connectivity index (χ0n) is 12.2. The van der Waals surface area contributed by atoms with Crippen LogP contribution in [0.25, 0.3) is 0 Å². The van der Waals surface area contributed by atoms with E-state index in [1.165, 1.54) is 18.2 Å². The van der Waals surface area contributed by atoms with Gasteiger partial charge in [-0.05, 0) is 31.9 Å². The molecule has 0 aliphatic heterocycles. The fraction of sp³-hybridized carbons (Fsp3) is 0.625. The molecule has 1 rings (SSSR count). The van der Waals surface area contributed by atoms with Crippen LogP contribution >= 0.6 is 0 Å². The molecule has 1 nitrogen and oxygen atoms in total. The van der Waals surface area contributed by atoms with E-state index in [4.69, 9.17) is 0 Å². The molecule has 2 unspecified atom stereocenters. The van der Waals surface area contributed by atoms with Gasteiger partial charge in [0.05, 0.1) is 0 Å². The van der Waals surface area contributed by atoms with Crippen molar-refractivity contribution in [1.82, 2.24) is 5.32 Å². The van der Waals surface area contributed by atoms with Crippen LogP contribution in [0.15, 0.2) is 18.2 Å². The van der Waals surface area contributed by atoms with Crippen molar-refractivity contribution in [3.63, 3.8) is 0 Å². The van der Waals surface area contributed by atoms with E-state index in [0.29, 0.717) is 6.04 Å². The largest absolute Gasteiger partial charge is 0.307 e. The molecular formula is C16H25F2N. The van der Waals surface area contributed by atoms with Crippen LogP contribution in [0.2, 0.25) is 0 Å². The van der Waals surface area contributed by atoms with Gasteiger partial charge in [-0.3, -0.25) is 0 Å². The maximum absolute atomic E-state index is 13.7. The van der Waals surface area contributed by atoms with Crippen LogP contribution in [0, 0.1) is 11.6 Å². The van der Waals surface area contributed by atoms with Gasteiger partial charge in [0.2, 0.25) is 0 Å². The summed E-state index contributed by atoms with van der Waals surface area (Å²) in [4.78, 5) is 0. The molecule has 0 saturated heterocycles. The third-order valence-electron chi connectivity index (χ3n) is 3.46. The Morgan fingerprint density at radius 3 is 2.21 bits per heavy atom. The number of rotatable bonds is 8. The predicted octanol–water partition coefficient (Wildman–Crippen LogP) is 4.97. The Bertz CT molecular complexity index is 359. The third-order valence-corrected chi connectivity index (χ3v) is 3.46. The van der Waals surface area contributed by atoms with Crippen LogP contribution in [-0.2, 0) is 0 Å². The molecule has 108 valence electrons. The minimum Gasteiger partial charge on any atom is -0.307 e. The van der Waals surface area contributed by atoms with Gasteiger partial charge < -0.3 is 5.32 Å². The van der Waals surface area contributed by atoms with Crippen LogP contribution in [0.1, 0.15) is 64.5 Å². The smallest absolute Gasteiger partial charge is 0.130 e.